The summed E-state index contributed by atoms with van der Waals surface area (Å²) in [5.74, 6) is 0.797. The van der Waals surface area contributed by atoms with Crippen LogP contribution in [0.3, 0.4) is 0 Å². The number of carbonyl (C=O) groups is 1. The SMILES string of the molecule is COc1ccc(CNC(=O)N2CCCC(Oc3ncc(Br)cn3)C2)cc1. The van der Waals surface area contributed by atoms with E-state index < -0.39 is 0 Å². The average Bonchev–Trinajstić information content (AvgIpc) is 2.68. The molecule has 26 heavy (non-hydrogen) atoms. The first kappa shape index (κ1) is 18.4. The van der Waals surface area contributed by atoms with Gasteiger partial charge in [0.05, 0.1) is 18.1 Å². The molecule has 0 radical (unpaired) electrons. The van der Waals surface area contributed by atoms with Crippen molar-refractivity contribution in [1.29, 1.82) is 0 Å². The highest BCUT2D eigenvalue weighted by atomic mass is 79.9. The van der Waals surface area contributed by atoms with Gasteiger partial charge in [0.15, 0.2) is 0 Å². The Morgan fingerprint density at radius 2 is 2.04 bits per heavy atom. The Morgan fingerprint density at radius 3 is 2.73 bits per heavy atom. The summed E-state index contributed by atoms with van der Waals surface area (Å²) >= 11 is 3.30. The van der Waals surface area contributed by atoms with Crippen molar-refractivity contribution in [3.63, 3.8) is 0 Å². The molecule has 1 aliphatic rings. The molecule has 2 aromatic rings. The van der Waals surface area contributed by atoms with E-state index in [-0.39, 0.29) is 12.1 Å². The van der Waals surface area contributed by atoms with Crippen LogP contribution in [-0.2, 0) is 6.54 Å². The number of likely N-dealkylation sites (tertiary alicyclic amines) is 1. The number of carbonyl (C=O) groups excluding carboxylic acids is 1. The van der Waals surface area contributed by atoms with Crippen LogP contribution in [0.15, 0.2) is 41.1 Å². The maximum absolute atomic E-state index is 12.4. The lowest BCUT2D eigenvalue weighted by Gasteiger charge is -2.32. The predicted molar refractivity (Wildman–Crippen MR) is 100 cm³/mol. The minimum absolute atomic E-state index is 0.0918. The van der Waals surface area contributed by atoms with Gasteiger partial charge in [0.1, 0.15) is 11.9 Å². The van der Waals surface area contributed by atoms with E-state index in [2.05, 4.69) is 31.2 Å². The van der Waals surface area contributed by atoms with Crippen LogP contribution in [0.2, 0.25) is 0 Å². The Labute approximate surface area is 160 Å². The molecule has 1 fully saturated rings. The molecule has 2 heterocycles. The van der Waals surface area contributed by atoms with Crippen LogP contribution in [0.1, 0.15) is 18.4 Å². The zero-order valence-electron chi connectivity index (χ0n) is 14.5. The summed E-state index contributed by atoms with van der Waals surface area (Å²) in [6, 6.07) is 7.87. The highest BCUT2D eigenvalue weighted by molar-refractivity contribution is 9.10. The molecule has 1 unspecified atom stereocenters. The van der Waals surface area contributed by atoms with Gasteiger partial charge in [0.25, 0.3) is 0 Å². The van der Waals surface area contributed by atoms with Crippen molar-refractivity contribution in [1.82, 2.24) is 20.2 Å². The van der Waals surface area contributed by atoms with Gasteiger partial charge in [-0.25, -0.2) is 14.8 Å². The molecule has 2 amide bonds. The van der Waals surface area contributed by atoms with Crippen LogP contribution >= 0.6 is 15.9 Å². The molecule has 1 aromatic carbocycles. The predicted octanol–water partition coefficient (Wildman–Crippen LogP) is 3.00. The lowest BCUT2D eigenvalue weighted by molar-refractivity contribution is 0.0937. The third kappa shape index (κ3) is 5.08. The molecule has 7 nitrogen and oxygen atoms in total. The Kier molecular flexibility index (Phi) is 6.27. The summed E-state index contributed by atoms with van der Waals surface area (Å²) in [4.78, 5) is 22.5. The van der Waals surface area contributed by atoms with E-state index >= 15 is 0 Å². The summed E-state index contributed by atoms with van der Waals surface area (Å²) in [5.41, 5.74) is 1.02. The fraction of sp³-hybridized carbons (Fsp3) is 0.389. The Hall–Kier alpha value is -2.35. The van der Waals surface area contributed by atoms with Gasteiger partial charge in [-0.15, -0.1) is 0 Å². The number of hydrogen-bond acceptors (Lipinski definition) is 5. The van der Waals surface area contributed by atoms with Crippen molar-refractivity contribution in [2.24, 2.45) is 0 Å². The van der Waals surface area contributed by atoms with E-state index in [0.717, 1.165) is 35.2 Å². The van der Waals surface area contributed by atoms with E-state index in [1.165, 1.54) is 0 Å². The number of amides is 2. The molecule has 3 rings (SSSR count). The van der Waals surface area contributed by atoms with Gasteiger partial charge in [0, 0.05) is 25.5 Å². The van der Waals surface area contributed by atoms with Gasteiger partial charge in [-0.1, -0.05) is 12.1 Å². The van der Waals surface area contributed by atoms with E-state index in [0.29, 0.717) is 19.1 Å². The van der Waals surface area contributed by atoms with Crippen molar-refractivity contribution < 1.29 is 14.3 Å². The second kappa shape index (κ2) is 8.84. The van der Waals surface area contributed by atoms with E-state index in [1.54, 1.807) is 24.4 Å². The second-order valence-corrected chi connectivity index (χ2v) is 6.93. The van der Waals surface area contributed by atoms with Crippen LogP contribution in [0.25, 0.3) is 0 Å². The van der Waals surface area contributed by atoms with Gasteiger partial charge in [-0.2, -0.15) is 0 Å². The average molecular weight is 421 g/mol. The van der Waals surface area contributed by atoms with Gasteiger partial charge in [-0.05, 0) is 46.5 Å². The molecule has 1 N–H and O–H groups in total. The lowest BCUT2D eigenvalue weighted by Crippen LogP contribution is -2.48. The minimum Gasteiger partial charge on any atom is -0.497 e. The number of methoxy groups -OCH3 is 1. The van der Waals surface area contributed by atoms with Crippen molar-refractivity contribution in [2.45, 2.75) is 25.5 Å². The van der Waals surface area contributed by atoms with E-state index in [1.807, 2.05) is 24.3 Å². The largest absolute Gasteiger partial charge is 0.497 e. The molecule has 138 valence electrons. The Morgan fingerprint density at radius 1 is 1.31 bits per heavy atom. The highest BCUT2D eigenvalue weighted by Gasteiger charge is 2.25. The molecule has 0 aliphatic carbocycles. The number of halogens is 1. The summed E-state index contributed by atoms with van der Waals surface area (Å²) in [6.07, 6.45) is 4.95. The monoisotopic (exact) mass is 420 g/mol. The first-order valence-electron chi connectivity index (χ1n) is 8.44. The molecule has 1 saturated heterocycles. The molecule has 0 saturated carbocycles. The van der Waals surface area contributed by atoms with E-state index in [4.69, 9.17) is 9.47 Å². The number of nitrogens with zero attached hydrogens (tertiary/aromatic N) is 3. The van der Waals surface area contributed by atoms with Crippen molar-refractivity contribution in [2.75, 3.05) is 20.2 Å². The van der Waals surface area contributed by atoms with Gasteiger partial charge < -0.3 is 19.7 Å². The number of hydrogen-bond donors (Lipinski definition) is 1. The van der Waals surface area contributed by atoms with Crippen LogP contribution < -0.4 is 14.8 Å². The quantitative estimate of drug-likeness (QED) is 0.804. The fourth-order valence-electron chi connectivity index (χ4n) is 2.76. The third-order valence-corrected chi connectivity index (χ3v) is 4.55. The number of rotatable bonds is 5. The number of benzene rings is 1. The standard InChI is InChI=1S/C18H21BrN4O3/c1-25-15-6-4-13(5-7-15)9-22-18(24)23-8-2-3-16(12-23)26-17-20-10-14(19)11-21-17/h4-7,10-11,16H,2-3,8-9,12H2,1H3,(H,22,24). The van der Waals surface area contributed by atoms with Crippen molar-refractivity contribution >= 4 is 22.0 Å². The normalized spacial score (nSPS) is 16.8. The Balaban J connectivity index is 1.49. The summed E-state index contributed by atoms with van der Waals surface area (Å²) in [6.45, 7) is 1.71. The summed E-state index contributed by atoms with van der Waals surface area (Å²) < 4.78 is 11.7. The molecule has 8 heteroatoms. The maximum Gasteiger partial charge on any atom is 0.317 e. The first-order chi connectivity index (χ1) is 12.6. The number of ether oxygens (including phenoxy) is 2. The number of urea groups is 1. The zero-order valence-corrected chi connectivity index (χ0v) is 16.1. The first-order valence-corrected chi connectivity index (χ1v) is 9.23. The molecule has 1 atom stereocenters. The Bertz CT molecular complexity index is 724. The lowest BCUT2D eigenvalue weighted by atomic mass is 10.1. The summed E-state index contributed by atoms with van der Waals surface area (Å²) in [7, 11) is 1.63. The van der Waals surface area contributed by atoms with Crippen molar-refractivity contribution in [3.05, 3.63) is 46.7 Å². The van der Waals surface area contributed by atoms with Crippen LogP contribution in [-0.4, -0.2) is 47.2 Å². The number of piperidine rings is 1. The molecule has 0 bridgehead atoms. The zero-order chi connectivity index (χ0) is 18.4. The molecule has 0 spiro atoms. The smallest absolute Gasteiger partial charge is 0.317 e. The summed E-state index contributed by atoms with van der Waals surface area (Å²) in [5, 5.41) is 2.95. The van der Waals surface area contributed by atoms with Crippen LogP contribution in [0, 0.1) is 0 Å². The van der Waals surface area contributed by atoms with Gasteiger partial charge in [-0.3, -0.25) is 0 Å². The maximum atomic E-state index is 12.4. The molecule has 1 aliphatic heterocycles. The molecular formula is C18H21BrN4O3. The third-order valence-electron chi connectivity index (χ3n) is 4.14. The van der Waals surface area contributed by atoms with Gasteiger partial charge >= 0.3 is 12.0 Å². The van der Waals surface area contributed by atoms with Crippen LogP contribution in [0.4, 0.5) is 4.79 Å². The van der Waals surface area contributed by atoms with E-state index in [9.17, 15) is 4.79 Å². The highest BCUT2D eigenvalue weighted by Crippen LogP contribution is 2.17. The minimum atomic E-state index is -0.100. The van der Waals surface area contributed by atoms with Crippen LogP contribution in [0.5, 0.6) is 11.8 Å². The van der Waals surface area contributed by atoms with Crippen molar-refractivity contribution in [3.8, 4) is 11.8 Å². The number of nitrogens with one attached hydrogen (secondary N) is 1. The molecular weight excluding hydrogens is 400 g/mol. The molecule has 1 aromatic heterocycles. The second-order valence-electron chi connectivity index (χ2n) is 6.02. The fourth-order valence-corrected chi connectivity index (χ4v) is 2.97. The van der Waals surface area contributed by atoms with Gasteiger partial charge in [0.2, 0.25) is 0 Å². The number of aromatic nitrogens is 2. The topological polar surface area (TPSA) is 76.6 Å².